The van der Waals surface area contributed by atoms with Crippen LogP contribution < -0.4 is 10.1 Å². The monoisotopic (exact) mass is 183 g/mol. The number of carbonyl (C=O) groups is 1. The number of hydrogen-bond acceptors (Lipinski definition) is 3. The van der Waals surface area contributed by atoms with Gasteiger partial charge in [0, 0.05) is 6.07 Å². The van der Waals surface area contributed by atoms with Gasteiger partial charge in [0.2, 0.25) is 0 Å². The van der Waals surface area contributed by atoms with Crippen LogP contribution in [0.5, 0.6) is 5.75 Å². The third-order valence-corrected chi connectivity index (χ3v) is 1.66. The largest absolute Gasteiger partial charge is 0.453 e. The smallest absolute Gasteiger partial charge is 0.293 e. The van der Waals surface area contributed by atoms with E-state index in [9.17, 15) is 9.18 Å². The maximum Gasteiger partial charge on any atom is 0.293 e. The van der Waals surface area contributed by atoms with Crippen LogP contribution >= 0.6 is 0 Å². The second-order valence-corrected chi connectivity index (χ2v) is 2.60. The third kappa shape index (κ3) is 1.33. The van der Waals surface area contributed by atoms with Gasteiger partial charge in [0.1, 0.15) is 11.6 Å². The van der Waals surface area contributed by atoms with Gasteiger partial charge in [-0.3, -0.25) is 4.79 Å². The number of nitrogens with one attached hydrogen (secondary N) is 1. The zero-order valence-electron chi connectivity index (χ0n) is 6.45. The van der Waals surface area contributed by atoms with Crippen molar-refractivity contribution in [1.29, 1.82) is 0 Å². The molecule has 1 aromatic carbocycles. The Morgan fingerprint density at radius 3 is 3.08 bits per heavy atom. The second-order valence-electron chi connectivity index (χ2n) is 2.60. The summed E-state index contributed by atoms with van der Waals surface area (Å²) in [5.41, 5.74) is 0.358. The van der Waals surface area contributed by atoms with Crippen molar-refractivity contribution in [2.24, 2.45) is 0 Å². The molecule has 0 fully saturated rings. The normalized spacial score (nSPS) is 20.2. The molecule has 0 aliphatic carbocycles. The van der Waals surface area contributed by atoms with Gasteiger partial charge in [0.15, 0.2) is 0 Å². The summed E-state index contributed by atoms with van der Waals surface area (Å²) in [6.07, 6.45) is -1.56. The maximum absolute atomic E-state index is 12.6. The summed E-state index contributed by atoms with van der Waals surface area (Å²) in [5.74, 6) is -1.01. The van der Waals surface area contributed by atoms with E-state index >= 15 is 0 Å². The minimum absolute atomic E-state index is 0.132. The summed E-state index contributed by atoms with van der Waals surface area (Å²) in [4.78, 5) is 10.9. The molecule has 5 heteroatoms. The number of hydrogen-bond donors (Lipinski definition) is 2. The lowest BCUT2D eigenvalue weighted by Gasteiger charge is -2.21. The zero-order chi connectivity index (χ0) is 9.42. The highest BCUT2D eigenvalue weighted by Gasteiger charge is 2.25. The van der Waals surface area contributed by atoms with Crippen molar-refractivity contribution in [3.8, 4) is 5.75 Å². The molecule has 4 nitrogen and oxygen atoms in total. The van der Waals surface area contributed by atoms with Crippen molar-refractivity contribution in [2.75, 3.05) is 5.32 Å². The zero-order valence-corrected chi connectivity index (χ0v) is 6.45. The number of anilines is 1. The van der Waals surface area contributed by atoms with E-state index < -0.39 is 18.0 Å². The fourth-order valence-corrected chi connectivity index (χ4v) is 1.07. The van der Waals surface area contributed by atoms with Gasteiger partial charge in [-0.1, -0.05) is 0 Å². The first-order valence-electron chi connectivity index (χ1n) is 3.62. The molecule has 2 rings (SSSR count). The van der Waals surface area contributed by atoms with Crippen LogP contribution in [0, 0.1) is 5.82 Å². The Morgan fingerprint density at radius 2 is 2.31 bits per heavy atom. The molecule has 1 aromatic rings. The van der Waals surface area contributed by atoms with Crippen molar-refractivity contribution in [2.45, 2.75) is 6.29 Å². The highest BCUT2D eigenvalue weighted by Crippen LogP contribution is 2.29. The van der Waals surface area contributed by atoms with E-state index in [1.807, 2.05) is 0 Å². The van der Waals surface area contributed by atoms with Crippen molar-refractivity contribution < 1.29 is 19.0 Å². The number of aliphatic hydroxyl groups excluding tert-OH is 1. The van der Waals surface area contributed by atoms with Gasteiger partial charge in [-0.05, 0) is 12.1 Å². The van der Waals surface area contributed by atoms with E-state index in [-0.39, 0.29) is 5.75 Å². The fourth-order valence-electron chi connectivity index (χ4n) is 1.07. The Hall–Kier alpha value is -1.62. The molecule has 2 N–H and O–H groups in total. The number of fused-ring (bicyclic) bond motifs is 1. The Morgan fingerprint density at radius 1 is 1.54 bits per heavy atom. The number of benzene rings is 1. The van der Waals surface area contributed by atoms with Crippen LogP contribution in [0.25, 0.3) is 0 Å². The molecule has 0 saturated carbocycles. The number of rotatable bonds is 0. The van der Waals surface area contributed by atoms with E-state index in [1.165, 1.54) is 12.1 Å². The van der Waals surface area contributed by atoms with Gasteiger partial charge in [-0.2, -0.15) is 0 Å². The molecule has 13 heavy (non-hydrogen) atoms. The summed E-state index contributed by atoms with van der Waals surface area (Å²) < 4.78 is 17.4. The van der Waals surface area contributed by atoms with Crippen molar-refractivity contribution in [3.05, 3.63) is 24.0 Å². The molecule has 0 saturated heterocycles. The molecule has 1 heterocycles. The Kier molecular flexibility index (Phi) is 1.66. The molecule has 1 atom stereocenters. The second kappa shape index (κ2) is 2.70. The van der Waals surface area contributed by atoms with Crippen LogP contribution in [-0.4, -0.2) is 17.3 Å². The lowest BCUT2D eigenvalue weighted by atomic mass is 10.2. The summed E-state index contributed by atoms with van der Waals surface area (Å²) in [7, 11) is 0. The number of amides is 1. The molecule has 0 radical (unpaired) electrons. The topological polar surface area (TPSA) is 58.6 Å². The first kappa shape index (κ1) is 8.00. The van der Waals surface area contributed by atoms with Gasteiger partial charge in [0.25, 0.3) is 12.2 Å². The number of carbonyl (C=O) groups excluding carboxylic acids is 1. The van der Waals surface area contributed by atoms with Gasteiger partial charge in [-0.15, -0.1) is 0 Å². The molecule has 0 aromatic heterocycles. The highest BCUT2D eigenvalue weighted by molar-refractivity contribution is 5.96. The van der Waals surface area contributed by atoms with E-state index in [4.69, 9.17) is 9.84 Å². The molecule has 1 aliphatic rings. The molecule has 0 bridgehead atoms. The minimum atomic E-state index is -1.56. The van der Waals surface area contributed by atoms with Crippen molar-refractivity contribution in [3.63, 3.8) is 0 Å². The van der Waals surface area contributed by atoms with Gasteiger partial charge in [-0.25, -0.2) is 4.39 Å². The summed E-state index contributed by atoms with van der Waals surface area (Å²) in [6, 6.07) is 3.66. The minimum Gasteiger partial charge on any atom is -0.453 e. The number of ether oxygens (including phenoxy) is 1. The molecular weight excluding hydrogens is 177 g/mol. The number of halogens is 1. The molecule has 68 valence electrons. The molecule has 1 aliphatic heterocycles. The Balaban J connectivity index is 2.42. The molecular formula is C8H6FNO3. The lowest BCUT2D eigenvalue weighted by molar-refractivity contribution is -0.139. The van der Waals surface area contributed by atoms with Gasteiger partial charge in [0.05, 0.1) is 5.69 Å². The van der Waals surface area contributed by atoms with Crippen LogP contribution in [0.2, 0.25) is 0 Å². The van der Waals surface area contributed by atoms with Crippen LogP contribution in [0.1, 0.15) is 0 Å². The van der Waals surface area contributed by atoms with E-state index in [1.54, 1.807) is 0 Å². The van der Waals surface area contributed by atoms with Crippen molar-refractivity contribution in [1.82, 2.24) is 0 Å². The predicted molar refractivity (Wildman–Crippen MR) is 41.7 cm³/mol. The molecule has 1 amide bonds. The lowest BCUT2D eigenvalue weighted by Crippen LogP contribution is -2.36. The summed E-state index contributed by atoms with van der Waals surface area (Å²) in [5, 5.41) is 11.3. The Labute approximate surface area is 72.9 Å². The van der Waals surface area contributed by atoms with Crippen LogP contribution in [0.4, 0.5) is 10.1 Å². The van der Waals surface area contributed by atoms with E-state index in [2.05, 4.69) is 5.32 Å². The van der Waals surface area contributed by atoms with E-state index in [0.29, 0.717) is 5.69 Å². The average molecular weight is 183 g/mol. The van der Waals surface area contributed by atoms with Gasteiger partial charge >= 0.3 is 0 Å². The summed E-state index contributed by atoms with van der Waals surface area (Å²) >= 11 is 0. The first-order chi connectivity index (χ1) is 6.16. The highest BCUT2D eigenvalue weighted by atomic mass is 19.1. The molecule has 0 spiro atoms. The van der Waals surface area contributed by atoms with Crippen molar-refractivity contribution >= 4 is 11.6 Å². The fraction of sp³-hybridized carbons (Fsp3) is 0.125. The molecule has 1 unspecified atom stereocenters. The average Bonchev–Trinajstić information content (AvgIpc) is 2.08. The third-order valence-electron chi connectivity index (χ3n) is 1.66. The quantitative estimate of drug-likeness (QED) is 0.614. The number of aliphatic hydroxyl groups is 1. The first-order valence-corrected chi connectivity index (χ1v) is 3.62. The maximum atomic E-state index is 12.6. The van der Waals surface area contributed by atoms with Crippen LogP contribution in [0.3, 0.4) is 0 Å². The SMILES string of the molecule is O=C1Nc2ccc(F)cc2OC1O. The van der Waals surface area contributed by atoms with E-state index in [0.717, 1.165) is 6.07 Å². The Bertz CT molecular complexity index is 366. The summed E-state index contributed by atoms with van der Waals surface area (Å²) in [6.45, 7) is 0. The predicted octanol–water partition coefficient (Wildman–Crippen LogP) is 0.475. The standard InChI is InChI=1S/C8H6FNO3/c9-4-1-2-5-6(3-4)13-8(12)7(11)10-5/h1-3,8,12H,(H,10,11). The van der Waals surface area contributed by atoms with Crippen LogP contribution in [-0.2, 0) is 4.79 Å². The van der Waals surface area contributed by atoms with Crippen LogP contribution in [0.15, 0.2) is 18.2 Å². The van der Waals surface area contributed by atoms with Gasteiger partial charge < -0.3 is 15.2 Å².